The van der Waals surface area contributed by atoms with E-state index in [1.54, 1.807) is 12.1 Å². The molecule has 0 aliphatic heterocycles. The average Bonchev–Trinajstić information content (AvgIpc) is 2.22. The fourth-order valence-corrected chi connectivity index (χ4v) is 1.51. The van der Waals surface area contributed by atoms with Gasteiger partial charge in [0.15, 0.2) is 11.6 Å². The number of pyridine rings is 1. The fraction of sp³-hybridized carbons (Fsp3) is 0. The second kappa shape index (κ2) is 4.49. The maximum atomic E-state index is 13.4. The molecular weight excluding hydrogens is 275 g/mol. The highest BCUT2D eigenvalue weighted by Crippen LogP contribution is 2.26. The first-order valence-electron chi connectivity index (χ1n) is 4.48. The third-order valence-corrected chi connectivity index (χ3v) is 2.35. The first kappa shape index (κ1) is 10.9. The van der Waals surface area contributed by atoms with Gasteiger partial charge in [-0.3, -0.25) is 4.98 Å². The van der Waals surface area contributed by atoms with Gasteiger partial charge in [-0.2, -0.15) is 0 Å². The van der Waals surface area contributed by atoms with E-state index in [-0.39, 0.29) is 5.75 Å². The first-order chi connectivity index (χ1) is 7.65. The summed E-state index contributed by atoms with van der Waals surface area (Å²) in [6, 6.07) is 6.13. The van der Waals surface area contributed by atoms with Gasteiger partial charge in [-0.1, -0.05) is 15.9 Å². The van der Waals surface area contributed by atoms with Crippen molar-refractivity contribution in [2.45, 2.75) is 0 Å². The number of ether oxygens (including phenoxy) is 1. The van der Waals surface area contributed by atoms with Gasteiger partial charge in [0.1, 0.15) is 5.75 Å². The zero-order valence-corrected chi connectivity index (χ0v) is 9.74. The highest BCUT2D eigenvalue weighted by molar-refractivity contribution is 9.10. The van der Waals surface area contributed by atoms with E-state index in [1.807, 2.05) is 0 Å². The minimum absolute atomic E-state index is 0.135. The van der Waals surface area contributed by atoms with Crippen LogP contribution >= 0.6 is 15.9 Å². The molecule has 3 nitrogen and oxygen atoms in total. The molecule has 0 spiro atoms. The number of hydrogen-bond donors (Lipinski definition) is 1. The minimum Gasteiger partial charge on any atom is -0.453 e. The zero-order chi connectivity index (χ0) is 11.5. The number of nitrogen functional groups attached to an aromatic ring is 1. The first-order valence-corrected chi connectivity index (χ1v) is 5.28. The molecule has 2 N–H and O–H groups in total. The predicted octanol–water partition coefficient (Wildman–Crippen LogP) is 3.36. The minimum atomic E-state index is -0.447. The Morgan fingerprint density at radius 3 is 2.75 bits per heavy atom. The van der Waals surface area contributed by atoms with Crippen molar-refractivity contribution in [1.82, 2.24) is 4.98 Å². The number of rotatable bonds is 2. The molecule has 0 atom stereocenters. The number of halogens is 2. The lowest BCUT2D eigenvalue weighted by molar-refractivity contribution is 0.440. The molecule has 1 aromatic heterocycles. The Morgan fingerprint density at radius 2 is 2.06 bits per heavy atom. The van der Waals surface area contributed by atoms with Crippen LogP contribution in [0.5, 0.6) is 11.5 Å². The molecular formula is C11H8BrFN2O. The SMILES string of the molecule is Nc1cncc(Oc2ccc(Br)cc2F)c1. The topological polar surface area (TPSA) is 48.1 Å². The van der Waals surface area contributed by atoms with E-state index in [1.165, 1.54) is 24.5 Å². The van der Waals surface area contributed by atoms with Gasteiger partial charge in [-0.05, 0) is 18.2 Å². The summed E-state index contributed by atoms with van der Waals surface area (Å²) in [6.45, 7) is 0. The summed E-state index contributed by atoms with van der Waals surface area (Å²) in [5.41, 5.74) is 6.00. The molecule has 0 saturated heterocycles. The highest BCUT2D eigenvalue weighted by Gasteiger charge is 2.05. The Kier molecular flexibility index (Phi) is 3.05. The van der Waals surface area contributed by atoms with Gasteiger partial charge in [0.2, 0.25) is 0 Å². The monoisotopic (exact) mass is 282 g/mol. The summed E-state index contributed by atoms with van der Waals surface area (Å²) in [5.74, 6) is 0.0913. The average molecular weight is 283 g/mol. The van der Waals surface area contributed by atoms with Crippen LogP contribution in [0.4, 0.5) is 10.1 Å². The molecule has 0 fully saturated rings. The van der Waals surface area contributed by atoms with E-state index in [0.29, 0.717) is 15.9 Å². The standard InChI is InChI=1S/C11H8BrFN2O/c12-7-1-2-11(10(13)3-7)16-9-4-8(14)5-15-6-9/h1-6H,14H2. The Balaban J connectivity index is 2.27. The second-order valence-corrected chi connectivity index (χ2v) is 4.05. The molecule has 0 amide bonds. The quantitative estimate of drug-likeness (QED) is 0.919. The van der Waals surface area contributed by atoms with Crippen LogP contribution < -0.4 is 10.5 Å². The number of nitrogens with two attached hydrogens (primary N) is 1. The maximum Gasteiger partial charge on any atom is 0.166 e. The molecule has 0 radical (unpaired) electrons. The summed E-state index contributed by atoms with van der Waals surface area (Å²) in [4.78, 5) is 3.85. The highest BCUT2D eigenvalue weighted by atomic mass is 79.9. The molecule has 0 unspecified atom stereocenters. The van der Waals surface area contributed by atoms with Gasteiger partial charge >= 0.3 is 0 Å². The van der Waals surface area contributed by atoms with Crippen molar-refractivity contribution in [3.63, 3.8) is 0 Å². The van der Waals surface area contributed by atoms with Crippen molar-refractivity contribution < 1.29 is 9.13 Å². The van der Waals surface area contributed by atoms with Gasteiger partial charge in [0.25, 0.3) is 0 Å². The molecule has 2 rings (SSSR count). The Hall–Kier alpha value is -1.62. The van der Waals surface area contributed by atoms with Crippen LogP contribution in [0.3, 0.4) is 0 Å². The fourth-order valence-electron chi connectivity index (χ4n) is 1.18. The Bertz CT molecular complexity index is 519. The third-order valence-electron chi connectivity index (χ3n) is 1.86. The number of hydrogen-bond acceptors (Lipinski definition) is 3. The molecule has 82 valence electrons. The smallest absolute Gasteiger partial charge is 0.166 e. The molecule has 16 heavy (non-hydrogen) atoms. The molecule has 5 heteroatoms. The molecule has 0 bridgehead atoms. The van der Waals surface area contributed by atoms with Crippen molar-refractivity contribution in [1.29, 1.82) is 0 Å². The van der Waals surface area contributed by atoms with E-state index in [9.17, 15) is 4.39 Å². The normalized spacial score (nSPS) is 10.1. The number of anilines is 1. The van der Waals surface area contributed by atoms with Crippen LogP contribution in [0.15, 0.2) is 41.1 Å². The van der Waals surface area contributed by atoms with Crippen molar-refractivity contribution in [3.05, 3.63) is 46.9 Å². The molecule has 1 heterocycles. The van der Waals surface area contributed by atoms with Gasteiger partial charge in [0.05, 0.1) is 18.1 Å². The molecule has 2 aromatic rings. The lowest BCUT2D eigenvalue weighted by Gasteiger charge is -2.06. The molecule has 0 aliphatic rings. The lowest BCUT2D eigenvalue weighted by atomic mass is 10.3. The van der Waals surface area contributed by atoms with E-state index >= 15 is 0 Å². The van der Waals surface area contributed by atoms with E-state index in [4.69, 9.17) is 10.5 Å². The van der Waals surface area contributed by atoms with E-state index in [0.717, 1.165) is 0 Å². The third kappa shape index (κ3) is 2.49. The molecule has 0 saturated carbocycles. The van der Waals surface area contributed by atoms with Crippen LogP contribution in [0.2, 0.25) is 0 Å². The lowest BCUT2D eigenvalue weighted by Crippen LogP contribution is -1.91. The number of aromatic nitrogens is 1. The number of nitrogens with zero attached hydrogens (tertiary/aromatic N) is 1. The second-order valence-electron chi connectivity index (χ2n) is 3.13. The van der Waals surface area contributed by atoms with Crippen molar-refractivity contribution in [3.8, 4) is 11.5 Å². The van der Waals surface area contributed by atoms with Gasteiger partial charge in [-0.15, -0.1) is 0 Å². The number of benzene rings is 1. The summed E-state index contributed by atoms with van der Waals surface area (Å²) >= 11 is 3.17. The van der Waals surface area contributed by atoms with E-state index < -0.39 is 5.82 Å². The van der Waals surface area contributed by atoms with Gasteiger partial charge in [-0.25, -0.2) is 4.39 Å². The summed E-state index contributed by atoms with van der Waals surface area (Å²) in [7, 11) is 0. The zero-order valence-electron chi connectivity index (χ0n) is 8.15. The largest absolute Gasteiger partial charge is 0.453 e. The summed E-state index contributed by atoms with van der Waals surface area (Å²) < 4.78 is 19.4. The van der Waals surface area contributed by atoms with Gasteiger partial charge in [0, 0.05) is 10.5 Å². The van der Waals surface area contributed by atoms with Crippen LogP contribution in [-0.2, 0) is 0 Å². The van der Waals surface area contributed by atoms with Crippen molar-refractivity contribution in [2.75, 3.05) is 5.73 Å². The summed E-state index contributed by atoms with van der Waals surface area (Å²) in [6.07, 6.45) is 2.96. The predicted molar refractivity (Wildman–Crippen MR) is 62.8 cm³/mol. The Labute approximate surface area is 100 Å². The van der Waals surface area contributed by atoms with Crippen molar-refractivity contribution >= 4 is 21.6 Å². The summed E-state index contributed by atoms with van der Waals surface area (Å²) in [5, 5.41) is 0. The van der Waals surface area contributed by atoms with Crippen LogP contribution in [-0.4, -0.2) is 4.98 Å². The van der Waals surface area contributed by atoms with Crippen LogP contribution in [0.1, 0.15) is 0 Å². The van der Waals surface area contributed by atoms with Crippen molar-refractivity contribution in [2.24, 2.45) is 0 Å². The molecule has 1 aromatic carbocycles. The molecule has 0 aliphatic carbocycles. The van der Waals surface area contributed by atoms with Crippen LogP contribution in [0, 0.1) is 5.82 Å². The Morgan fingerprint density at radius 1 is 1.25 bits per heavy atom. The van der Waals surface area contributed by atoms with E-state index in [2.05, 4.69) is 20.9 Å². The van der Waals surface area contributed by atoms with Gasteiger partial charge < -0.3 is 10.5 Å². The van der Waals surface area contributed by atoms with Crippen LogP contribution in [0.25, 0.3) is 0 Å². The maximum absolute atomic E-state index is 13.4.